The van der Waals surface area contributed by atoms with Crippen molar-refractivity contribution in [3.63, 3.8) is 0 Å². The highest BCUT2D eigenvalue weighted by Crippen LogP contribution is 2.25. The van der Waals surface area contributed by atoms with Crippen molar-refractivity contribution in [3.8, 4) is 0 Å². The summed E-state index contributed by atoms with van der Waals surface area (Å²) in [6.07, 6.45) is 6.42. The normalized spacial score (nSPS) is 15.9. The van der Waals surface area contributed by atoms with Crippen molar-refractivity contribution in [2.75, 3.05) is 13.2 Å². The van der Waals surface area contributed by atoms with Crippen LogP contribution in [0, 0.1) is 5.92 Å². The van der Waals surface area contributed by atoms with E-state index in [1.165, 1.54) is 0 Å². The second kappa shape index (κ2) is 15.6. The molecule has 0 saturated carbocycles. The van der Waals surface area contributed by atoms with Crippen LogP contribution in [0.1, 0.15) is 61.3 Å². The molecule has 0 saturated heterocycles. The molecule has 1 aliphatic rings. The summed E-state index contributed by atoms with van der Waals surface area (Å²) in [5, 5.41) is 12.9. The number of carbonyl (C=O) groups excluding carboxylic acids is 3. The maximum Gasteiger partial charge on any atom is 0.306 e. The number of fused-ring (bicyclic) bond motifs is 1. The van der Waals surface area contributed by atoms with Gasteiger partial charge in [0.25, 0.3) is 0 Å². The highest BCUT2D eigenvalue weighted by molar-refractivity contribution is 5.86. The first kappa shape index (κ1) is 29.8. The Kier molecular flexibility index (Phi) is 12.0. The number of amides is 2. The number of allylic oxidation sites excluding steroid dienone is 2. The van der Waals surface area contributed by atoms with Crippen LogP contribution in [-0.2, 0) is 32.1 Å². The van der Waals surface area contributed by atoms with Gasteiger partial charge in [-0.1, -0.05) is 66.7 Å². The van der Waals surface area contributed by atoms with Gasteiger partial charge in [0.2, 0.25) is 11.8 Å². The van der Waals surface area contributed by atoms with E-state index in [-0.39, 0.29) is 43.4 Å². The number of nitrogens with zero attached hydrogens (tertiary/aromatic N) is 1. The second-order valence-electron chi connectivity index (χ2n) is 9.93. The Labute approximate surface area is 231 Å². The molecule has 1 heterocycles. The van der Waals surface area contributed by atoms with Gasteiger partial charge in [0, 0.05) is 19.4 Å². The summed E-state index contributed by atoms with van der Waals surface area (Å²) in [4.78, 5) is 40.7. The first-order valence-corrected chi connectivity index (χ1v) is 13.7. The van der Waals surface area contributed by atoms with Crippen LogP contribution < -0.4 is 5.32 Å². The summed E-state index contributed by atoms with van der Waals surface area (Å²) in [5.74, 6) is -1.43. The van der Waals surface area contributed by atoms with Crippen molar-refractivity contribution in [2.24, 2.45) is 5.92 Å². The van der Waals surface area contributed by atoms with Crippen LogP contribution in [0.15, 0.2) is 79.9 Å². The zero-order chi connectivity index (χ0) is 28.0. The Balaban J connectivity index is 1.63. The second-order valence-corrected chi connectivity index (χ2v) is 9.93. The molecule has 2 amide bonds. The molecule has 2 aromatic carbocycles. The van der Waals surface area contributed by atoms with Gasteiger partial charge in [-0.3, -0.25) is 14.4 Å². The van der Waals surface area contributed by atoms with E-state index in [2.05, 4.69) is 18.5 Å². The molecule has 1 aliphatic heterocycles. The van der Waals surface area contributed by atoms with Gasteiger partial charge in [-0.15, -0.1) is 13.2 Å². The fourth-order valence-corrected chi connectivity index (χ4v) is 4.86. The van der Waals surface area contributed by atoms with Gasteiger partial charge in [-0.25, -0.2) is 0 Å². The van der Waals surface area contributed by atoms with Crippen molar-refractivity contribution in [1.29, 1.82) is 0 Å². The average molecular weight is 533 g/mol. The van der Waals surface area contributed by atoms with Crippen LogP contribution in [0.25, 0.3) is 0 Å². The lowest BCUT2D eigenvalue weighted by Crippen LogP contribution is -2.47. The Hall–Kier alpha value is -3.71. The van der Waals surface area contributed by atoms with Crippen LogP contribution in [-0.4, -0.2) is 47.0 Å². The molecule has 0 radical (unpaired) electrons. The highest BCUT2D eigenvalue weighted by atomic mass is 16.5. The Morgan fingerprint density at radius 3 is 2.44 bits per heavy atom. The molecule has 0 aromatic heterocycles. The molecule has 7 heteroatoms. The topological polar surface area (TPSA) is 95.9 Å². The highest BCUT2D eigenvalue weighted by Gasteiger charge is 2.32. The molecule has 3 atom stereocenters. The molecular formula is C32H40N2O5. The summed E-state index contributed by atoms with van der Waals surface area (Å²) in [5.41, 5.74) is 2.96. The standard InChI is InChI=1S/C32H40N2O5/c1-3-5-6-10-18-31(37)39-29(24-14-8-7-9-15-24)21-33-32(38)26(13-4-2)20-30(36)34-22-27-17-12-11-16-25(27)19-28(34)23-35/h3-4,7-9,11-12,14-17,26,28-29,35H,1-2,5-6,10,13,18-23H2,(H,33,38)/t26-,28-,29-/m0/s1. The number of ether oxygens (including phenoxy) is 1. The Morgan fingerprint density at radius 1 is 1.03 bits per heavy atom. The minimum Gasteiger partial charge on any atom is -0.456 e. The van der Waals surface area contributed by atoms with Crippen molar-refractivity contribution in [2.45, 2.75) is 63.6 Å². The van der Waals surface area contributed by atoms with Crippen molar-refractivity contribution in [1.82, 2.24) is 10.2 Å². The summed E-state index contributed by atoms with van der Waals surface area (Å²) in [7, 11) is 0. The predicted molar refractivity (Wildman–Crippen MR) is 151 cm³/mol. The molecule has 0 bridgehead atoms. The van der Waals surface area contributed by atoms with E-state index in [4.69, 9.17) is 4.74 Å². The van der Waals surface area contributed by atoms with Gasteiger partial charge in [-0.05, 0) is 48.8 Å². The number of esters is 1. The van der Waals surface area contributed by atoms with Crippen LogP contribution in [0.4, 0.5) is 0 Å². The van der Waals surface area contributed by atoms with Gasteiger partial charge < -0.3 is 20.1 Å². The SMILES string of the molecule is C=CCCCCC(=O)O[C@@H](CNC(=O)[C@@H](CC=C)CC(=O)N1Cc2ccccc2C[C@H]1CO)c1ccccc1. The predicted octanol–water partition coefficient (Wildman–Crippen LogP) is 4.66. The van der Waals surface area contributed by atoms with Gasteiger partial charge in [0.15, 0.2) is 0 Å². The lowest BCUT2D eigenvalue weighted by Gasteiger charge is -2.36. The Bertz CT molecular complexity index is 1120. The van der Waals surface area contributed by atoms with E-state index in [0.29, 0.717) is 32.2 Å². The number of unbranched alkanes of at least 4 members (excludes halogenated alkanes) is 2. The molecule has 7 nitrogen and oxygen atoms in total. The monoisotopic (exact) mass is 532 g/mol. The van der Waals surface area contributed by atoms with E-state index < -0.39 is 12.0 Å². The summed E-state index contributed by atoms with van der Waals surface area (Å²) >= 11 is 0. The fourth-order valence-electron chi connectivity index (χ4n) is 4.86. The first-order chi connectivity index (χ1) is 19.0. The number of hydrogen-bond acceptors (Lipinski definition) is 5. The van der Waals surface area contributed by atoms with Gasteiger partial charge in [0.1, 0.15) is 6.10 Å². The van der Waals surface area contributed by atoms with Gasteiger partial charge in [-0.2, -0.15) is 0 Å². The Morgan fingerprint density at radius 2 is 1.74 bits per heavy atom. The molecule has 0 spiro atoms. The quantitative estimate of drug-likeness (QED) is 0.198. The van der Waals surface area contributed by atoms with Gasteiger partial charge in [0.05, 0.1) is 25.1 Å². The fraction of sp³-hybridized carbons (Fsp3) is 0.406. The van der Waals surface area contributed by atoms with Crippen LogP contribution in [0.5, 0.6) is 0 Å². The molecule has 2 N–H and O–H groups in total. The number of aliphatic hydroxyl groups excluding tert-OH is 1. The number of benzene rings is 2. The smallest absolute Gasteiger partial charge is 0.306 e. The molecule has 0 aliphatic carbocycles. The number of hydrogen-bond donors (Lipinski definition) is 2. The third-order valence-electron chi connectivity index (χ3n) is 7.08. The third kappa shape index (κ3) is 8.93. The lowest BCUT2D eigenvalue weighted by molar-refractivity contribution is -0.150. The zero-order valence-corrected chi connectivity index (χ0v) is 22.6. The van der Waals surface area contributed by atoms with Crippen LogP contribution in [0.2, 0.25) is 0 Å². The van der Waals surface area contributed by atoms with E-state index in [1.54, 1.807) is 11.0 Å². The molecule has 2 aromatic rings. The van der Waals surface area contributed by atoms with Crippen molar-refractivity contribution < 1.29 is 24.2 Å². The minimum atomic E-state index is -0.639. The number of aliphatic hydroxyl groups is 1. The van der Waals surface area contributed by atoms with E-state index >= 15 is 0 Å². The molecule has 0 unspecified atom stereocenters. The number of rotatable bonds is 15. The number of carbonyl (C=O) groups is 3. The molecule has 0 fully saturated rings. The van der Waals surface area contributed by atoms with Crippen molar-refractivity contribution >= 4 is 17.8 Å². The van der Waals surface area contributed by atoms with Crippen LogP contribution >= 0.6 is 0 Å². The first-order valence-electron chi connectivity index (χ1n) is 13.7. The molecule has 208 valence electrons. The molecule has 3 rings (SSSR count). The number of nitrogens with one attached hydrogen (secondary N) is 1. The maximum absolute atomic E-state index is 13.3. The molecular weight excluding hydrogens is 492 g/mol. The largest absolute Gasteiger partial charge is 0.456 e. The summed E-state index contributed by atoms with van der Waals surface area (Å²) in [6.45, 7) is 7.82. The van der Waals surface area contributed by atoms with Gasteiger partial charge >= 0.3 is 5.97 Å². The summed E-state index contributed by atoms with van der Waals surface area (Å²) in [6, 6.07) is 16.9. The van der Waals surface area contributed by atoms with Crippen LogP contribution in [0.3, 0.4) is 0 Å². The maximum atomic E-state index is 13.3. The van der Waals surface area contributed by atoms with Crippen molar-refractivity contribution in [3.05, 3.63) is 96.6 Å². The minimum absolute atomic E-state index is 0.00435. The van der Waals surface area contributed by atoms with E-state index in [1.807, 2.05) is 60.7 Å². The van der Waals surface area contributed by atoms with E-state index in [0.717, 1.165) is 29.5 Å². The third-order valence-corrected chi connectivity index (χ3v) is 7.08. The molecule has 39 heavy (non-hydrogen) atoms. The summed E-state index contributed by atoms with van der Waals surface area (Å²) < 4.78 is 5.74. The average Bonchev–Trinajstić information content (AvgIpc) is 2.96. The van der Waals surface area contributed by atoms with E-state index in [9.17, 15) is 19.5 Å². The lowest BCUT2D eigenvalue weighted by atomic mass is 9.92. The zero-order valence-electron chi connectivity index (χ0n) is 22.6.